The van der Waals surface area contributed by atoms with Crippen molar-refractivity contribution in [2.75, 3.05) is 0 Å². The fourth-order valence-corrected chi connectivity index (χ4v) is 10.6. The van der Waals surface area contributed by atoms with Gasteiger partial charge >= 0.3 is 10.1 Å². The van der Waals surface area contributed by atoms with Crippen LogP contribution in [-0.4, -0.2) is 32.5 Å². The smallest absolute Gasteiger partial charge is 0.281 e. The molecule has 2 aromatic carbocycles. The highest BCUT2D eigenvalue weighted by atomic mass is 32.3. The summed E-state index contributed by atoms with van der Waals surface area (Å²) in [7, 11) is -4.29. The molecule has 0 aliphatic heterocycles. The number of fused-ring (bicyclic) bond motifs is 6. The van der Waals surface area contributed by atoms with Gasteiger partial charge in [-0.25, -0.2) is 0 Å². The van der Waals surface area contributed by atoms with E-state index in [2.05, 4.69) is 103 Å². The van der Waals surface area contributed by atoms with E-state index in [4.69, 9.17) is 10.2 Å². The number of hydrogen-bond acceptors (Lipinski definition) is 6. The Morgan fingerprint density at radius 2 is 1.25 bits per heavy atom. The van der Waals surface area contributed by atoms with Gasteiger partial charge in [0.25, 0.3) is 0 Å². The molecule has 2 aliphatic rings. The van der Waals surface area contributed by atoms with Gasteiger partial charge in [-0.15, -0.1) is 22.7 Å². The standard InChI is InChI=1S/C43H44N4O3S3/c1-29-16-20-31(21-17-29)27-46-40-35(12-8-10-33-24-25-51-42(33)40)37(44-46)14-6-4-3-5-7-15-38-36-13-9-11-34-26-39(53(48,49)50)52-43(34)41(36)47(45-38)28-32-22-18-30(2)19-23-32/h6-7,14-26H,3-5,8-13,27-28H2,1-2H3,(H,48,49,50)/b14-6+,15-7+. The van der Waals surface area contributed by atoms with Gasteiger partial charge in [-0.1, -0.05) is 71.8 Å². The van der Waals surface area contributed by atoms with Crippen LogP contribution in [0, 0.1) is 13.8 Å². The largest absolute Gasteiger partial charge is 0.304 e. The molecule has 0 radical (unpaired) electrons. The number of nitrogens with zero attached hydrogens (tertiary/aromatic N) is 4. The number of unbranched alkanes of at least 4 members (excludes halogenated alkanes) is 2. The van der Waals surface area contributed by atoms with Gasteiger partial charge in [0.05, 0.1) is 45.6 Å². The van der Waals surface area contributed by atoms with Crippen molar-refractivity contribution >= 4 is 44.9 Å². The fraction of sp³-hybridized carbons (Fsp3) is 0.302. The van der Waals surface area contributed by atoms with Crippen LogP contribution >= 0.6 is 22.7 Å². The fourth-order valence-electron chi connectivity index (χ4n) is 7.58. The molecule has 1 N–H and O–H groups in total. The SMILES string of the molecule is Cc1ccc(Cn2nc(/C=C/CCC/C=C/c3nn(Cc4ccc(C)cc4)c4c3CCCc3cc(S(=O)(=O)O)sc3-4)c3c2-c2sccc2CCC3)cc1. The average Bonchev–Trinajstić information content (AvgIpc) is 3.87. The lowest BCUT2D eigenvalue weighted by Gasteiger charge is -2.09. The van der Waals surface area contributed by atoms with Gasteiger partial charge in [0.15, 0.2) is 0 Å². The molecule has 8 rings (SSSR count). The van der Waals surface area contributed by atoms with Crippen molar-refractivity contribution < 1.29 is 13.0 Å². The van der Waals surface area contributed by atoms with E-state index in [1.807, 2.05) is 16.0 Å². The van der Waals surface area contributed by atoms with Gasteiger partial charge in [-0.05, 0) is 124 Å². The maximum atomic E-state index is 12.1. The van der Waals surface area contributed by atoms with Crippen molar-refractivity contribution in [3.05, 3.63) is 134 Å². The highest BCUT2D eigenvalue weighted by Gasteiger charge is 2.28. The Kier molecular flexibility index (Phi) is 10.2. The zero-order valence-corrected chi connectivity index (χ0v) is 32.7. The molecule has 0 amide bonds. The van der Waals surface area contributed by atoms with E-state index in [1.54, 1.807) is 6.07 Å². The predicted octanol–water partition coefficient (Wildman–Crippen LogP) is 10.4. The van der Waals surface area contributed by atoms with Gasteiger partial charge < -0.3 is 0 Å². The number of allylic oxidation sites excluding steroid dienone is 2. The molecule has 4 heterocycles. The first-order valence-electron chi connectivity index (χ1n) is 18.5. The Labute approximate surface area is 320 Å². The summed E-state index contributed by atoms with van der Waals surface area (Å²) < 4.78 is 38.3. The number of aryl methyl sites for hydroxylation is 4. The Morgan fingerprint density at radius 1 is 0.717 bits per heavy atom. The van der Waals surface area contributed by atoms with Crippen LogP contribution in [0.15, 0.2) is 82.4 Å². The lowest BCUT2D eigenvalue weighted by molar-refractivity contribution is 0.485. The average molecular weight is 761 g/mol. The summed E-state index contributed by atoms with van der Waals surface area (Å²) in [4.78, 5) is 2.26. The van der Waals surface area contributed by atoms with E-state index in [1.165, 1.54) is 38.4 Å². The molecule has 0 fully saturated rings. The van der Waals surface area contributed by atoms with Crippen molar-refractivity contribution in [3.8, 4) is 21.1 Å². The Bertz CT molecular complexity index is 2420. The monoisotopic (exact) mass is 760 g/mol. The van der Waals surface area contributed by atoms with Crippen LogP contribution in [0.1, 0.15) is 88.0 Å². The first kappa shape index (κ1) is 35.7. The molecule has 7 nitrogen and oxygen atoms in total. The second kappa shape index (κ2) is 15.2. The van der Waals surface area contributed by atoms with Crippen LogP contribution in [0.25, 0.3) is 33.3 Å². The van der Waals surface area contributed by atoms with Crippen molar-refractivity contribution in [2.24, 2.45) is 0 Å². The Morgan fingerprint density at radius 3 is 1.79 bits per heavy atom. The summed E-state index contributed by atoms with van der Waals surface area (Å²) in [5.41, 5.74) is 14.1. The lowest BCUT2D eigenvalue weighted by Crippen LogP contribution is -2.04. The van der Waals surface area contributed by atoms with Crippen LogP contribution in [0.5, 0.6) is 0 Å². The molecule has 0 atom stereocenters. The molecule has 10 heteroatoms. The van der Waals surface area contributed by atoms with Gasteiger partial charge in [0, 0.05) is 11.1 Å². The van der Waals surface area contributed by atoms with Gasteiger partial charge in [0.1, 0.15) is 4.21 Å². The van der Waals surface area contributed by atoms with E-state index in [9.17, 15) is 13.0 Å². The lowest BCUT2D eigenvalue weighted by atomic mass is 10.1. The second-order valence-electron chi connectivity index (χ2n) is 14.3. The number of thiophene rings is 2. The predicted molar refractivity (Wildman–Crippen MR) is 217 cm³/mol. The quantitative estimate of drug-likeness (QED) is 0.105. The van der Waals surface area contributed by atoms with E-state index in [0.29, 0.717) is 6.54 Å². The molecule has 6 aromatic rings. The van der Waals surface area contributed by atoms with Crippen molar-refractivity contribution in [1.29, 1.82) is 0 Å². The molecular formula is C43H44N4O3S3. The third-order valence-corrected chi connectivity index (χ3v) is 13.8. The third-order valence-electron chi connectivity index (χ3n) is 10.3. The minimum atomic E-state index is -4.29. The zero-order valence-electron chi connectivity index (χ0n) is 30.2. The maximum absolute atomic E-state index is 12.1. The Hall–Kier alpha value is -4.35. The number of benzene rings is 2. The van der Waals surface area contributed by atoms with Gasteiger partial charge in [0.2, 0.25) is 0 Å². The van der Waals surface area contributed by atoms with Crippen LogP contribution in [0.4, 0.5) is 0 Å². The molecule has 4 aromatic heterocycles. The van der Waals surface area contributed by atoms with E-state index in [0.717, 1.165) is 114 Å². The van der Waals surface area contributed by atoms with Crippen LogP contribution in [0.3, 0.4) is 0 Å². The highest BCUT2D eigenvalue weighted by molar-refractivity contribution is 7.88. The van der Waals surface area contributed by atoms with Crippen molar-refractivity contribution in [2.45, 2.75) is 88.9 Å². The number of hydrogen-bond donors (Lipinski definition) is 1. The number of aromatic nitrogens is 4. The minimum absolute atomic E-state index is 0.00560. The molecule has 2 aliphatic carbocycles. The minimum Gasteiger partial charge on any atom is -0.281 e. The molecule has 272 valence electrons. The first-order chi connectivity index (χ1) is 25.7. The topological polar surface area (TPSA) is 90.0 Å². The van der Waals surface area contributed by atoms with Gasteiger partial charge in [-0.2, -0.15) is 18.6 Å². The molecule has 53 heavy (non-hydrogen) atoms. The summed E-state index contributed by atoms with van der Waals surface area (Å²) in [6.45, 7) is 5.55. The second-order valence-corrected chi connectivity index (χ2v) is 17.9. The Balaban J connectivity index is 1.000. The molecule has 0 saturated heterocycles. The van der Waals surface area contributed by atoms with Crippen LogP contribution in [0.2, 0.25) is 0 Å². The van der Waals surface area contributed by atoms with Crippen molar-refractivity contribution in [3.63, 3.8) is 0 Å². The molecule has 0 saturated carbocycles. The normalized spacial score (nSPS) is 14.2. The zero-order chi connectivity index (χ0) is 36.5. The maximum Gasteiger partial charge on any atom is 0.304 e. The summed E-state index contributed by atoms with van der Waals surface area (Å²) in [6.07, 6.45) is 17.6. The van der Waals surface area contributed by atoms with E-state index in [-0.39, 0.29) is 4.21 Å². The molecule has 0 unspecified atom stereocenters. The highest BCUT2D eigenvalue weighted by Crippen LogP contribution is 2.42. The van der Waals surface area contributed by atoms with Crippen LogP contribution < -0.4 is 0 Å². The summed E-state index contributed by atoms with van der Waals surface area (Å²) >= 11 is 2.98. The first-order valence-corrected chi connectivity index (χ1v) is 21.7. The van der Waals surface area contributed by atoms with E-state index < -0.39 is 10.1 Å². The third kappa shape index (κ3) is 7.69. The summed E-state index contributed by atoms with van der Waals surface area (Å²) in [5.74, 6) is 0. The van der Waals surface area contributed by atoms with Crippen molar-refractivity contribution in [1.82, 2.24) is 19.6 Å². The number of rotatable bonds is 11. The summed E-state index contributed by atoms with van der Waals surface area (Å²) in [6, 6.07) is 21.1. The molecular weight excluding hydrogens is 717 g/mol. The van der Waals surface area contributed by atoms with Crippen LogP contribution in [-0.2, 0) is 48.9 Å². The van der Waals surface area contributed by atoms with E-state index >= 15 is 0 Å². The molecule has 0 bridgehead atoms. The summed E-state index contributed by atoms with van der Waals surface area (Å²) in [5, 5.41) is 12.5. The molecule has 0 spiro atoms. The van der Waals surface area contributed by atoms with Gasteiger partial charge in [-0.3, -0.25) is 13.9 Å².